The van der Waals surface area contributed by atoms with Gasteiger partial charge in [0.25, 0.3) is 5.91 Å². The quantitative estimate of drug-likeness (QED) is 0.0852. The number of carbonyl (C=O) groups excluding carboxylic acids is 2. The zero-order valence-electron chi connectivity index (χ0n) is 27.6. The molecule has 0 bridgehead atoms. The van der Waals surface area contributed by atoms with Crippen LogP contribution in [0.5, 0.6) is 0 Å². The van der Waals surface area contributed by atoms with Crippen LogP contribution in [-0.4, -0.2) is 30.4 Å². The summed E-state index contributed by atoms with van der Waals surface area (Å²) in [5, 5.41) is 3.81. The minimum atomic E-state index is -4.41. The van der Waals surface area contributed by atoms with E-state index in [4.69, 9.17) is 60.0 Å². The molecule has 2 amide bonds. The van der Waals surface area contributed by atoms with Crippen molar-refractivity contribution < 1.29 is 27.7 Å². The molecule has 1 saturated heterocycles. The molecular formula is C33H45Cl4N4O6P. The van der Waals surface area contributed by atoms with Gasteiger partial charge in [-0.25, -0.2) is 9.56 Å². The monoisotopic (exact) mass is 764 g/mol. The van der Waals surface area contributed by atoms with Gasteiger partial charge in [0, 0.05) is 32.7 Å². The smallest absolute Gasteiger partial charge is 0.326 e. The second-order valence-corrected chi connectivity index (χ2v) is 14.7. The molecule has 2 aromatic rings. The van der Waals surface area contributed by atoms with Gasteiger partial charge in [-0.1, -0.05) is 118 Å². The highest BCUT2D eigenvalue weighted by Crippen LogP contribution is 2.55. The maximum absolute atomic E-state index is 13.7. The van der Waals surface area contributed by atoms with Crippen LogP contribution >= 0.6 is 54.2 Å². The van der Waals surface area contributed by atoms with Crippen molar-refractivity contribution in [2.24, 2.45) is 4.99 Å². The standard InChI is InChI=1S/C33H45Cl4N4O6P/c1-4-6-7-8-9-10-11-12-13-14-15-16-29(42)38-24-17-18-25(35)28(21-24)39-32-31(33(43)41-40-32)47-48(44,45-5-2)46-22(3)30-26(36)19-23(34)20-27(30)37/h17-22,31H,4-16H2,1-3H3,(H,38,42)(H,39,40)(H,41,43). The predicted octanol–water partition coefficient (Wildman–Crippen LogP) is 10.9. The molecule has 0 aromatic heterocycles. The molecule has 0 aliphatic carbocycles. The van der Waals surface area contributed by atoms with Crippen LogP contribution < -0.4 is 16.2 Å². The second-order valence-electron chi connectivity index (χ2n) is 11.5. The molecule has 1 aliphatic rings. The number of nitrogens with zero attached hydrogens (tertiary/aromatic N) is 1. The third kappa shape index (κ3) is 13.1. The fraction of sp³-hybridized carbons (Fsp3) is 0.545. The van der Waals surface area contributed by atoms with E-state index < -0.39 is 25.9 Å². The minimum Gasteiger partial charge on any atom is -0.326 e. The average Bonchev–Trinajstić information content (AvgIpc) is 3.34. The van der Waals surface area contributed by atoms with E-state index in [1.165, 1.54) is 63.5 Å². The zero-order valence-corrected chi connectivity index (χ0v) is 31.5. The van der Waals surface area contributed by atoms with Crippen molar-refractivity contribution in [1.82, 2.24) is 10.9 Å². The van der Waals surface area contributed by atoms with E-state index in [2.05, 4.69) is 28.1 Å². The number of halogens is 4. The van der Waals surface area contributed by atoms with Crippen molar-refractivity contribution in [3.8, 4) is 0 Å². The van der Waals surface area contributed by atoms with Crippen LogP contribution in [0.1, 0.15) is 109 Å². The minimum absolute atomic E-state index is 0.0509. The Labute approximate surface area is 303 Å². The van der Waals surface area contributed by atoms with Crippen molar-refractivity contribution in [2.75, 3.05) is 11.9 Å². The first-order valence-electron chi connectivity index (χ1n) is 16.5. The van der Waals surface area contributed by atoms with Gasteiger partial charge in [-0.05, 0) is 50.6 Å². The van der Waals surface area contributed by atoms with Crippen molar-refractivity contribution in [3.63, 3.8) is 0 Å². The van der Waals surface area contributed by atoms with Crippen LogP contribution in [0.15, 0.2) is 35.3 Å². The van der Waals surface area contributed by atoms with Crippen LogP contribution in [0, 0.1) is 0 Å². The number of hydrazine groups is 1. The maximum Gasteiger partial charge on any atom is 0.476 e. The first-order chi connectivity index (χ1) is 23.0. The number of benzene rings is 2. The summed E-state index contributed by atoms with van der Waals surface area (Å²) in [6, 6.07) is 7.74. The van der Waals surface area contributed by atoms with E-state index in [1.807, 2.05) is 0 Å². The number of nitrogens with one attached hydrogen (secondary N) is 3. The Hall–Kier alpha value is -1.88. The average molecular weight is 767 g/mol. The number of amidine groups is 1. The molecule has 0 saturated carbocycles. The Kier molecular flexibility index (Phi) is 17.5. The van der Waals surface area contributed by atoms with Gasteiger partial charge in [0.2, 0.25) is 12.0 Å². The Morgan fingerprint density at radius 3 is 2.10 bits per heavy atom. The Bertz CT molecular complexity index is 1440. The number of hydrogen-bond donors (Lipinski definition) is 3. The summed E-state index contributed by atoms with van der Waals surface area (Å²) in [6.07, 6.45) is 11.1. The molecule has 266 valence electrons. The Balaban J connectivity index is 1.59. The van der Waals surface area contributed by atoms with E-state index in [-0.39, 0.29) is 39.1 Å². The lowest BCUT2D eigenvalue weighted by Crippen LogP contribution is -2.28. The Morgan fingerprint density at radius 2 is 1.50 bits per heavy atom. The molecule has 1 fully saturated rings. The van der Waals surface area contributed by atoms with Crippen LogP contribution in [0.2, 0.25) is 20.1 Å². The SMILES string of the molecule is CCCCCCCCCCCCCC(=O)Nc1ccc(Cl)c(N=C2NNC(=O)C2OP(=O)(OCC)OC(C)c2c(Cl)cc(Cl)cc2Cl)c1. The number of amides is 2. The third-order valence-corrected chi connectivity index (χ3v) is 10.3. The highest BCUT2D eigenvalue weighted by Gasteiger charge is 2.42. The van der Waals surface area contributed by atoms with E-state index in [0.29, 0.717) is 22.7 Å². The molecule has 3 atom stereocenters. The summed E-state index contributed by atoms with van der Waals surface area (Å²) in [4.78, 5) is 29.8. The fourth-order valence-electron chi connectivity index (χ4n) is 5.11. The molecule has 3 N–H and O–H groups in total. The number of carbonyl (C=O) groups is 2. The number of aliphatic imine (C=N–C) groups is 1. The summed E-state index contributed by atoms with van der Waals surface area (Å²) in [5.41, 5.74) is 6.03. The Morgan fingerprint density at radius 1 is 0.896 bits per heavy atom. The summed E-state index contributed by atoms with van der Waals surface area (Å²) in [6.45, 7) is 5.31. The normalized spacial score (nSPS) is 17.2. The number of phosphoric ester groups is 1. The lowest BCUT2D eigenvalue weighted by atomic mass is 10.1. The van der Waals surface area contributed by atoms with Gasteiger partial charge in [-0.3, -0.25) is 34.0 Å². The second kappa shape index (κ2) is 20.7. The molecule has 0 radical (unpaired) electrons. The van der Waals surface area contributed by atoms with E-state index in [9.17, 15) is 14.2 Å². The highest BCUT2D eigenvalue weighted by atomic mass is 35.5. The highest BCUT2D eigenvalue weighted by molar-refractivity contribution is 7.48. The largest absolute Gasteiger partial charge is 0.476 e. The first kappa shape index (κ1) is 40.5. The predicted molar refractivity (Wildman–Crippen MR) is 195 cm³/mol. The van der Waals surface area contributed by atoms with Gasteiger partial charge in [0.05, 0.1) is 23.4 Å². The third-order valence-electron chi connectivity index (χ3n) is 7.54. The number of unbranched alkanes of at least 4 members (excludes halogenated alkanes) is 10. The fourth-order valence-corrected chi connectivity index (χ4v) is 7.82. The van der Waals surface area contributed by atoms with Gasteiger partial charge in [0.15, 0.2) is 5.84 Å². The van der Waals surface area contributed by atoms with Crippen LogP contribution in [0.3, 0.4) is 0 Å². The lowest BCUT2D eigenvalue weighted by Gasteiger charge is -2.24. The molecule has 3 rings (SSSR count). The molecule has 1 heterocycles. The van der Waals surface area contributed by atoms with E-state index >= 15 is 0 Å². The summed E-state index contributed by atoms with van der Waals surface area (Å²) in [5.74, 6) is -0.862. The number of rotatable bonds is 21. The van der Waals surface area contributed by atoms with Crippen LogP contribution in [-0.2, 0) is 27.7 Å². The van der Waals surface area contributed by atoms with Gasteiger partial charge in [0.1, 0.15) is 0 Å². The van der Waals surface area contributed by atoms with Gasteiger partial charge in [-0.15, -0.1) is 0 Å². The molecule has 3 unspecified atom stereocenters. The van der Waals surface area contributed by atoms with Crippen molar-refractivity contribution in [1.29, 1.82) is 0 Å². The summed E-state index contributed by atoms with van der Waals surface area (Å²) in [7, 11) is -4.41. The van der Waals surface area contributed by atoms with E-state index in [1.54, 1.807) is 32.0 Å². The topological polar surface area (TPSA) is 127 Å². The first-order valence-corrected chi connectivity index (χ1v) is 19.4. The summed E-state index contributed by atoms with van der Waals surface area (Å²) >= 11 is 25.1. The van der Waals surface area contributed by atoms with Crippen molar-refractivity contribution >= 4 is 83.3 Å². The van der Waals surface area contributed by atoms with Crippen molar-refractivity contribution in [3.05, 3.63) is 56.0 Å². The maximum atomic E-state index is 13.7. The molecule has 2 aromatic carbocycles. The molecule has 48 heavy (non-hydrogen) atoms. The molecular weight excluding hydrogens is 721 g/mol. The molecule has 10 nitrogen and oxygen atoms in total. The van der Waals surface area contributed by atoms with Gasteiger partial charge >= 0.3 is 7.82 Å². The summed E-state index contributed by atoms with van der Waals surface area (Å²) < 4.78 is 30.5. The van der Waals surface area contributed by atoms with Crippen molar-refractivity contribution in [2.45, 2.75) is 110 Å². The zero-order chi connectivity index (χ0) is 35.1. The van der Waals surface area contributed by atoms with E-state index in [0.717, 1.165) is 19.3 Å². The molecule has 0 spiro atoms. The number of anilines is 1. The van der Waals surface area contributed by atoms with Gasteiger partial charge < -0.3 is 5.32 Å². The number of phosphoric acid groups is 1. The van der Waals surface area contributed by atoms with Gasteiger partial charge in [-0.2, -0.15) is 0 Å². The molecule has 1 aliphatic heterocycles. The van der Waals surface area contributed by atoms with Crippen LogP contribution in [0.25, 0.3) is 0 Å². The van der Waals surface area contributed by atoms with Crippen LogP contribution in [0.4, 0.5) is 11.4 Å². The lowest BCUT2D eigenvalue weighted by molar-refractivity contribution is -0.125. The number of hydrogen-bond acceptors (Lipinski definition) is 7. The molecule has 15 heteroatoms.